The minimum atomic E-state index is -0.884. The monoisotopic (exact) mass is 264 g/mol. The van der Waals surface area contributed by atoms with E-state index in [0.717, 1.165) is 12.1 Å². The maximum absolute atomic E-state index is 13.2. The van der Waals surface area contributed by atoms with E-state index in [9.17, 15) is 13.6 Å². The molecule has 0 aliphatic heterocycles. The van der Waals surface area contributed by atoms with E-state index in [1.807, 2.05) is 0 Å². The fourth-order valence-electron chi connectivity index (χ4n) is 1.10. The van der Waals surface area contributed by atoms with Gasteiger partial charge in [0.15, 0.2) is 0 Å². The molecule has 0 saturated carbocycles. The number of halogens is 3. The number of rotatable bonds is 3. The average molecular weight is 265 g/mol. The molecule has 1 aromatic carbocycles. The standard InChI is InChI=1S/C11H14F2N2O.ClH/c1-11(2,6-14)15-10(16)8-4-3-7(12)5-9(8)13;/h3-5H,6,14H2,1-2H3,(H,15,16);1H. The molecular weight excluding hydrogens is 250 g/mol. The fraction of sp³-hybridized carbons (Fsp3) is 0.364. The predicted molar refractivity (Wildman–Crippen MR) is 64.2 cm³/mol. The predicted octanol–water partition coefficient (Wildman–Crippen LogP) is 1.85. The summed E-state index contributed by atoms with van der Waals surface area (Å²) < 4.78 is 25.9. The van der Waals surface area contributed by atoms with Gasteiger partial charge in [0.05, 0.1) is 5.56 Å². The number of carbonyl (C=O) groups excluding carboxylic acids is 1. The number of hydrogen-bond acceptors (Lipinski definition) is 2. The molecule has 0 aromatic heterocycles. The van der Waals surface area contributed by atoms with Gasteiger partial charge in [-0.05, 0) is 26.0 Å². The quantitative estimate of drug-likeness (QED) is 0.875. The lowest BCUT2D eigenvalue weighted by Gasteiger charge is -2.24. The second-order valence-electron chi connectivity index (χ2n) is 4.17. The van der Waals surface area contributed by atoms with Crippen LogP contribution in [-0.4, -0.2) is 18.0 Å². The minimum Gasteiger partial charge on any atom is -0.346 e. The smallest absolute Gasteiger partial charge is 0.254 e. The van der Waals surface area contributed by atoms with E-state index in [4.69, 9.17) is 5.73 Å². The molecule has 0 heterocycles. The summed E-state index contributed by atoms with van der Waals surface area (Å²) in [5.41, 5.74) is 4.61. The summed E-state index contributed by atoms with van der Waals surface area (Å²) in [7, 11) is 0. The Labute approximate surface area is 105 Å². The lowest BCUT2D eigenvalue weighted by Crippen LogP contribution is -2.49. The van der Waals surface area contributed by atoms with Crippen molar-refractivity contribution in [2.24, 2.45) is 5.73 Å². The number of nitrogens with two attached hydrogens (primary N) is 1. The molecular formula is C11H15ClF2N2O. The third-order valence-corrected chi connectivity index (χ3v) is 2.14. The maximum atomic E-state index is 13.2. The molecule has 6 heteroatoms. The van der Waals surface area contributed by atoms with Crippen LogP contribution in [0.4, 0.5) is 8.78 Å². The van der Waals surface area contributed by atoms with Crippen molar-refractivity contribution in [3.63, 3.8) is 0 Å². The zero-order chi connectivity index (χ0) is 12.3. The van der Waals surface area contributed by atoms with Gasteiger partial charge in [-0.3, -0.25) is 4.79 Å². The van der Waals surface area contributed by atoms with Crippen molar-refractivity contribution in [1.82, 2.24) is 5.32 Å². The summed E-state index contributed by atoms with van der Waals surface area (Å²) in [6, 6.07) is 2.81. The fourth-order valence-corrected chi connectivity index (χ4v) is 1.10. The molecule has 0 aliphatic carbocycles. The molecule has 0 bridgehead atoms. The van der Waals surface area contributed by atoms with E-state index in [1.165, 1.54) is 0 Å². The number of benzene rings is 1. The molecule has 96 valence electrons. The zero-order valence-electron chi connectivity index (χ0n) is 9.59. The summed E-state index contributed by atoms with van der Waals surface area (Å²) >= 11 is 0. The van der Waals surface area contributed by atoms with E-state index >= 15 is 0 Å². The minimum absolute atomic E-state index is 0. The number of hydrogen-bond donors (Lipinski definition) is 2. The second kappa shape index (κ2) is 5.93. The Bertz CT molecular complexity index is 410. The molecule has 0 radical (unpaired) electrons. The Balaban J connectivity index is 0.00000256. The first-order chi connectivity index (χ1) is 7.35. The number of amides is 1. The normalized spacial score (nSPS) is 10.6. The van der Waals surface area contributed by atoms with Crippen molar-refractivity contribution in [3.05, 3.63) is 35.4 Å². The van der Waals surface area contributed by atoms with Crippen LogP contribution in [0.15, 0.2) is 18.2 Å². The van der Waals surface area contributed by atoms with Crippen molar-refractivity contribution in [1.29, 1.82) is 0 Å². The lowest BCUT2D eigenvalue weighted by atomic mass is 10.1. The molecule has 0 saturated heterocycles. The van der Waals surface area contributed by atoms with Gasteiger partial charge in [-0.2, -0.15) is 0 Å². The Morgan fingerprint density at radius 2 is 2.00 bits per heavy atom. The van der Waals surface area contributed by atoms with Crippen LogP contribution in [-0.2, 0) is 0 Å². The first kappa shape index (κ1) is 15.8. The molecule has 3 nitrogen and oxygen atoms in total. The topological polar surface area (TPSA) is 55.1 Å². The van der Waals surface area contributed by atoms with Crippen LogP contribution in [0.2, 0.25) is 0 Å². The highest BCUT2D eigenvalue weighted by Crippen LogP contribution is 2.11. The van der Waals surface area contributed by atoms with Gasteiger partial charge in [0.1, 0.15) is 11.6 Å². The first-order valence-corrected chi connectivity index (χ1v) is 4.83. The third-order valence-electron chi connectivity index (χ3n) is 2.14. The lowest BCUT2D eigenvalue weighted by molar-refractivity contribution is 0.0911. The van der Waals surface area contributed by atoms with Gasteiger partial charge in [-0.15, -0.1) is 12.4 Å². The van der Waals surface area contributed by atoms with Crippen LogP contribution >= 0.6 is 12.4 Å². The summed E-state index contributed by atoms with van der Waals surface area (Å²) in [5.74, 6) is -2.20. The molecule has 0 spiro atoms. The Morgan fingerprint density at radius 3 is 2.47 bits per heavy atom. The largest absolute Gasteiger partial charge is 0.346 e. The van der Waals surface area contributed by atoms with Gasteiger partial charge in [0.2, 0.25) is 0 Å². The molecule has 0 unspecified atom stereocenters. The van der Waals surface area contributed by atoms with Crippen LogP contribution in [0.3, 0.4) is 0 Å². The number of nitrogens with one attached hydrogen (secondary N) is 1. The highest BCUT2D eigenvalue weighted by molar-refractivity contribution is 5.94. The van der Waals surface area contributed by atoms with Crippen molar-refractivity contribution in [2.75, 3.05) is 6.54 Å². The molecule has 3 N–H and O–H groups in total. The summed E-state index contributed by atoms with van der Waals surface area (Å²) in [6.07, 6.45) is 0. The van der Waals surface area contributed by atoms with Crippen LogP contribution in [0, 0.1) is 11.6 Å². The van der Waals surface area contributed by atoms with E-state index < -0.39 is 23.1 Å². The highest BCUT2D eigenvalue weighted by Gasteiger charge is 2.21. The van der Waals surface area contributed by atoms with Gasteiger partial charge in [0.25, 0.3) is 5.91 Å². The Morgan fingerprint density at radius 1 is 1.41 bits per heavy atom. The van der Waals surface area contributed by atoms with E-state index in [1.54, 1.807) is 13.8 Å². The van der Waals surface area contributed by atoms with Crippen molar-refractivity contribution in [3.8, 4) is 0 Å². The van der Waals surface area contributed by atoms with Gasteiger partial charge in [0, 0.05) is 18.2 Å². The van der Waals surface area contributed by atoms with E-state index in [2.05, 4.69) is 5.32 Å². The van der Waals surface area contributed by atoms with Crippen LogP contribution in [0.5, 0.6) is 0 Å². The van der Waals surface area contributed by atoms with Crippen molar-refractivity contribution in [2.45, 2.75) is 19.4 Å². The summed E-state index contributed by atoms with van der Waals surface area (Å²) in [5, 5.41) is 2.56. The average Bonchev–Trinajstić information content (AvgIpc) is 2.16. The second-order valence-corrected chi connectivity index (χ2v) is 4.17. The number of carbonyl (C=O) groups is 1. The summed E-state index contributed by atoms with van der Waals surface area (Å²) in [4.78, 5) is 11.6. The van der Waals surface area contributed by atoms with Gasteiger partial charge in [-0.1, -0.05) is 0 Å². The van der Waals surface area contributed by atoms with E-state index in [-0.39, 0.29) is 24.5 Å². The molecule has 0 fully saturated rings. The molecule has 1 aromatic rings. The van der Waals surface area contributed by atoms with Crippen LogP contribution < -0.4 is 11.1 Å². The van der Waals surface area contributed by atoms with Crippen molar-refractivity contribution >= 4 is 18.3 Å². The molecule has 0 atom stereocenters. The van der Waals surface area contributed by atoms with Gasteiger partial charge in [-0.25, -0.2) is 8.78 Å². The van der Waals surface area contributed by atoms with Crippen LogP contribution in [0.1, 0.15) is 24.2 Å². The molecule has 17 heavy (non-hydrogen) atoms. The Hall–Kier alpha value is -1.20. The third kappa shape index (κ3) is 4.28. The molecule has 1 rings (SSSR count). The van der Waals surface area contributed by atoms with Gasteiger partial charge < -0.3 is 11.1 Å². The van der Waals surface area contributed by atoms with Crippen LogP contribution in [0.25, 0.3) is 0 Å². The highest BCUT2D eigenvalue weighted by atomic mass is 35.5. The van der Waals surface area contributed by atoms with E-state index in [0.29, 0.717) is 6.07 Å². The molecule has 0 aliphatic rings. The van der Waals surface area contributed by atoms with Gasteiger partial charge >= 0.3 is 0 Å². The van der Waals surface area contributed by atoms with Crippen molar-refractivity contribution < 1.29 is 13.6 Å². The first-order valence-electron chi connectivity index (χ1n) is 4.83. The maximum Gasteiger partial charge on any atom is 0.254 e. The summed E-state index contributed by atoms with van der Waals surface area (Å²) in [6.45, 7) is 3.65. The zero-order valence-corrected chi connectivity index (χ0v) is 10.4. The Kier molecular flexibility index (Phi) is 5.51. The molecule has 1 amide bonds. The SMILES string of the molecule is CC(C)(CN)NC(=O)c1ccc(F)cc1F.Cl.